The van der Waals surface area contributed by atoms with Crippen LogP contribution in [-0.4, -0.2) is 37.0 Å². The summed E-state index contributed by atoms with van der Waals surface area (Å²) in [5, 5.41) is 12.0. The second kappa shape index (κ2) is 6.35. The summed E-state index contributed by atoms with van der Waals surface area (Å²) in [5.74, 6) is 0. The van der Waals surface area contributed by atoms with Gasteiger partial charge >= 0.3 is 0 Å². The van der Waals surface area contributed by atoms with Crippen molar-refractivity contribution in [2.75, 3.05) is 20.3 Å². The van der Waals surface area contributed by atoms with E-state index < -0.39 is 0 Å². The summed E-state index contributed by atoms with van der Waals surface area (Å²) in [7, 11) is 1.72. The molecule has 0 saturated heterocycles. The van der Waals surface area contributed by atoms with Gasteiger partial charge in [0.1, 0.15) is 0 Å². The fourth-order valence-electron chi connectivity index (χ4n) is 0.992. The van der Waals surface area contributed by atoms with Gasteiger partial charge in [-0.3, -0.25) is 0 Å². The van der Waals surface area contributed by atoms with Gasteiger partial charge in [0.25, 0.3) is 0 Å². The van der Waals surface area contributed by atoms with E-state index in [1.807, 2.05) is 0 Å². The van der Waals surface area contributed by atoms with E-state index in [0.717, 1.165) is 19.4 Å². The third kappa shape index (κ3) is 6.99. The number of aliphatic hydroxyl groups excluding tert-OH is 1. The fraction of sp³-hybridized carbons (Fsp3) is 1.00. The van der Waals surface area contributed by atoms with Crippen molar-refractivity contribution in [3.63, 3.8) is 0 Å². The van der Waals surface area contributed by atoms with E-state index in [2.05, 4.69) is 26.1 Å². The van der Waals surface area contributed by atoms with Crippen LogP contribution in [0, 0.1) is 0 Å². The third-order valence-electron chi connectivity index (χ3n) is 2.22. The molecule has 0 aromatic heterocycles. The standard InChI is InChI=1S/C10H23NO2/c1-9(6-5-7-12)11-8-10(2,3)13-4/h9,11-12H,5-8H2,1-4H3. The second-order valence-corrected chi connectivity index (χ2v) is 4.11. The molecule has 0 spiro atoms. The topological polar surface area (TPSA) is 41.5 Å². The van der Waals surface area contributed by atoms with Crippen LogP contribution in [0.4, 0.5) is 0 Å². The number of aliphatic hydroxyl groups is 1. The van der Waals surface area contributed by atoms with Gasteiger partial charge in [-0.1, -0.05) is 0 Å². The number of rotatable bonds is 7. The number of hydrogen-bond donors (Lipinski definition) is 2. The molecule has 3 heteroatoms. The zero-order chi connectivity index (χ0) is 10.3. The molecule has 0 rings (SSSR count). The van der Waals surface area contributed by atoms with Gasteiger partial charge in [-0.15, -0.1) is 0 Å². The first kappa shape index (κ1) is 12.9. The van der Waals surface area contributed by atoms with Crippen molar-refractivity contribution >= 4 is 0 Å². The summed E-state index contributed by atoms with van der Waals surface area (Å²) in [5.41, 5.74) is -0.104. The van der Waals surface area contributed by atoms with E-state index in [0.29, 0.717) is 6.04 Å². The van der Waals surface area contributed by atoms with Crippen LogP contribution in [0.2, 0.25) is 0 Å². The highest BCUT2D eigenvalue weighted by atomic mass is 16.5. The van der Waals surface area contributed by atoms with Crippen molar-refractivity contribution in [2.24, 2.45) is 0 Å². The van der Waals surface area contributed by atoms with E-state index in [1.165, 1.54) is 0 Å². The summed E-state index contributed by atoms with van der Waals surface area (Å²) in [6.45, 7) is 7.36. The van der Waals surface area contributed by atoms with Gasteiger partial charge in [-0.2, -0.15) is 0 Å². The van der Waals surface area contributed by atoms with Gasteiger partial charge in [0.15, 0.2) is 0 Å². The van der Waals surface area contributed by atoms with Crippen LogP contribution < -0.4 is 5.32 Å². The maximum atomic E-state index is 8.64. The summed E-state index contributed by atoms with van der Waals surface area (Å²) in [4.78, 5) is 0. The Morgan fingerprint density at radius 2 is 2.08 bits per heavy atom. The molecule has 0 aromatic carbocycles. The van der Waals surface area contributed by atoms with Gasteiger partial charge in [0.05, 0.1) is 5.60 Å². The Bertz CT molecular complexity index is 126. The molecule has 0 heterocycles. The van der Waals surface area contributed by atoms with Crippen LogP contribution in [0.1, 0.15) is 33.6 Å². The largest absolute Gasteiger partial charge is 0.396 e. The lowest BCUT2D eigenvalue weighted by molar-refractivity contribution is 0.0211. The Hall–Kier alpha value is -0.120. The van der Waals surface area contributed by atoms with Gasteiger partial charge in [-0.25, -0.2) is 0 Å². The lowest BCUT2D eigenvalue weighted by Gasteiger charge is -2.25. The average Bonchev–Trinajstić information content (AvgIpc) is 2.11. The first-order valence-corrected chi connectivity index (χ1v) is 4.91. The number of ether oxygens (including phenoxy) is 1. The third-order valence-corrected chi connectivity index (χ3v) is 2.22. The molecule has 13 heavy (non-hydrogen) atoms. The Labute approximate surface area is 81.5 Å². The van der Waals surface area contributed by atoms with Crippen LogP contribution >= 0.6 is 0 Å². The first-order chi connectivity index (χ1) is 6.02. The van der Waals surface area contributed by atoms with Gasteiger partial charge in [0.2, 0.25) is 0 Å². The molecule has 80 valence electrons. The molecule has 0 radical (unpaired) electrons. The molecule has 3 nitrogen and oxygen atoms in total. The molecule has 1 unspecified atom stereocenters. The van der Waals surface area contributed by atoms with Crippen LogP contribution in [0.3, 0.4) is 0 Å². The molecule has 1 atom stereocenters. The predicted molar refractivity (Wildman–Crippen MR) is 54.9 cm³/mol. The normalized spacial score (nSPS) is 14.5. The smallest absolute Gasteiger partial charge is 0.0746 e. The van der Waals surface area contributed by atoms with Crippen molar-refractivity contribution in [1.29, 1.82) is 0 Å². The SMILES string of the molecule is COC(C)(C)CNC(C)CCCO. The number of methoxy groups -OCH3 is 1. The van der Waals surface area contributed by atoms with Crippen molar-refractivity contribution in [1.82, 2.24) is 5.32 Å². The highest BCUT2D eigenvalue weighted by Crippen LogP contribution is 2.06. The summed E-state index contributed by atoms with van der Waals surface area (Å²) < 4.78 is 5.28. The number of nitrogens with one attached hydrogen (secondary N) is 1. The fourth-order valence-corrected chi connectivity index (χ4v) is 0.992. The van der Waals surface area contributed by atoms with Crippen LogP contribution in [0.25, 0.3) is 0 Å². The summed E-state index contributed by atoms with van der Waals surface area (Å²) in [6.07, 6.45) is 1.87. The first-order valence-electron chi connectivity index (χ1n) is 4.91. The molecule has 2 N–H and O–H groups in total. The Balaban J connectivity index is 3.51. The lowest BCUT2D eigenvalue weighted by atomic mass is 10.1. The highest BCUT2D eigenvalue weighted by Gasteiger charge is 2.16. The second-order valence-electron chi connectivity index (χ2n) is 4.11. The average molecular weight is 189 g/mol. The lowest BCUT2D eigenvalue weighted by Crippen LogP contribution is -2.40. The van der Waals surface area contributed by atoms with E-state index in [9.17, 15) is 0 Å². The molecule has 0 saturated carbocycles. The molecule has 0 fully saturated rings. The Kier molecular flexibility index (Phi) is 6.29. The molecular formula is C10H23NO2. The van der Waals surface area contributed by atoms with Crippen molar-refractivity contribution in [2.45, 2.75) is 45.3 Å². The van der Waals surface area contributed by atoms with E-state index in [-0.39, 0.29) is 12.2 Å². The Morgan fingerprint density at radius 3 is 2.54 bits per heavy atom. The molecular weight excluding hydrogens is 166 g/mol. The quantitative estimate of drug-likeness (QED) is 0.631. The van der Waals surface area contributed by atoms with Crippen molar-refractivity contribution < 1.29 is 9.84 Å². The molecule has 0 aliphatic heterocycles. The van der Waals surface area contributed by atoms with E-state index in [1.54, 1.807) is 7.11 Å². The molecule has 0 aliphatic rings. The Morgan fingerprint density at radius 1 is 1.46 bits per heavy atom. The van der Waals surface area contributed by atoms with E-state index in [4.69, 9.17) is 9.84 Å². The highest BCUT2D eigenvalue weighted by molar-refractivity contribution is 4.73. The maximum absolute atomic E-state index is 8.64. The number of hydrogen-bond acceptors (Lipinski definition) is 3. The van der Waals surface area contributed by atoms with E-state index >= 15 is 0 Å². The zero-order valence-electron chi connectivity index (χ0n) is 9.26. The van der Waals surface area contributed by atoms with Gasteiger partial charge < -0.3 is 15.2 Å². The predicted octanol–water partition coefficient (Wildman–Crippen LogP) is 1.16. The van der Waals surface area contributed by atoms with Gasteiger partial charge in [-0.05, 0) is 33.6 Å². The van der Waals surface area contributed by atoms with Crippen molar-refractivity contribution in [3.8, 4) is 0 Å². The monoisotopic (exact) mass is 189 g/mol. The summed E-state index contributed by atoms with van der Waals surface area (Å²) >= 11 is 0. The van der Waals surface area contributed by atoms with Crippen LogP contribution in [-0.2, 0) is 4.74 Å². The zero-order valence-corrected chi connectivity index (χ0v) is 9.26. The minimum Gasteiger partial charge on any atom is -0.396 e. The molecule has 0 aromatic rings. The maximum Gasteiger partial charge on any atom is 0.0746 e. The molecule has 0 bridgehead atoms. The molecule has 0 amide bonds. The minimum atomic E-state index is -0.104. The van der Waals surface area contributed by atoms with Crippen molar-refractivity contribution in [3.05, 3.63) is 0 Å². The summed E-state index contributed by atoms with van der Waals surface area (Å²) in [6, 6.07) is 0.446. The minimum absolute atomic E-state index is 0.104. The van der Waals surface area contributed by atoms with Crippen LogP contribution in [0.15, 0.2) is 0 Å². The van der Waals surface area contributed by atoms with Gasteiger partial charge in [0, 0.05) is 26.3 Å². The molecule has 0 aliphatic carbocycles. The van der Waals surface area contributed by atoms with Crippen LogP contribution in [0.5, 0.6) is 0 Å².